The van der Waals surface area contributed by atoms with E-state index >= 15 is 0 Å². The average molecular weight is 393 g/mol. The minimum absolute atomic E-state index is 0.0727. The van der Waals surface area contributed by atoms with E-state index in [1.807, 2.05) is 36.4 Å². The van der Waals surface area contributed by atoms with Gasteiger partial charge in [0.15, 0.2) is 0 Å². The van der Waals surface area contributed by atoms with Crippen molar-refractivity contribution in [3.63, 3.8) is 0 Å². The second kappa shape index (κ2) is 8.08. The van der Waals surface area contributed by atoms with Crippen molar-refractivity contribution in [2.24, 2.45) is 0 Å². The van der Waals surface area contributed by atoms with Crippen LogP contribution in [0.25, 0.3) is 0 Å². The molecule has 2 aromatic rings. The molecule has 0 saturated carbocycles. The summed E-state index contributed by atoms with van der Waals surface area (Å²) in [6.07, 6.45) is 1.84. The van der Waals surface area contributed by atoms with Crippen LogP contribution in [0.5, 0.6) is 0 Å². The van der Waals surface area contributed by atoms with Crippen LogP contribution in [0.3, 0.4) is 0 Å². The molecule has 25 heavy (non-hydrogen) atoms. The normalized spacial score (nSPS) is 16.0. The van der Waals surface area contributed by atoms with Crippen molar-refractivity contribution in [2.45, 2.75) is 23.1 Å². The van der Waals surface area contributed by atoms with E-state index in [2.05, 4.69) is 11.9 Å². The zero-order chi connectivity index (χ0) is 17.8. The molecule has 2 amide bonds. The summed E-state index contributed by atoms with van der Waals surface area (Å²) in [6.45, 7) is 4.62. The fraction of sp³-hybridized carbons (Fsp3) is 0.222. The lowest BCUT2D eigenvalue weighted by Gasteiger charge is -2.26. The third-order valence-corrected chi connectivity index (χ3v) is 6.24. The summed E-state index contributed by atoms with van der Waals surface area (Å²) in [5.74, 6) is -0.203. The molecule has 0 spiro atoms. The van der Waals surface area contributed by atoms with Crippen molar-refractivity contribution in [1.82, 2.24) is 4.90 Å². The predicted octanol–water partition coefficient (Wildman–Crippen LogP) is 4.42. The van der Waals surface area contributed by atoms with Crippen LogP contribution < -0.4 is 5.32 Å². The summed E-state index contributed by atoms with van der Waals surface area (Å²) >= 11 is 8.85. The number of thiophene rings is 1. The molecule has 0 saturated heterocycles. The smallest absolute Gasteiger partial charge is 0.238 e. The minimum atomic E-state index is -0.429. The lowest BCUT2D eigenvalue weighted by atomic mass is 10.2. The molecule has 0 aliphatic carbocycles. The van der Waals surface area contributed by atoms with Crippen molar-refractivity contribution < 1.29 is 9.59 Å². The summed E-state index contributed by atoms with van der Waals surface area (Å²) in [6, 6.07) is 11.3. The molecule has 0 bridgehead atoms. The molecule has 3 rings (SSSR count). The first-order valence-corrected chi connectivity index (χ1v) is 9.83. The Kier molecular flexibility index (Phi) is 5.83. The quantitative estimate of drug-likeness (QED) is 0.740. The number of benzene rings is 1. The van der Waals surface area contributed by atoms with E-state index in [0.29, 0.717) is 17.4 Å². The lowest BCUT2D eigenvalue weighted by molar-refractivity contribution is -0.132. The van der Waals surface area contributed by atoms with E-state index in [-0.39, 0.29) is 18.2 Å². The number of fused-ring (bicyclic) bond motifs is 1. The summed E-state index contributed by atoms with van der Waals surface area (Å²) in [7, 11) is 0. The number of rotatable bonds is 6. The first-order valence-electron chi connectivity index (χ1n) is 7.76. The summed E-state index contributed by atoms with van der Waals surface area (Å²) in [5, 5.41) is 2.44. The average Bonchev–Trinajstić information content (AvgIpc) is 3.00. The minimum Gasteiger partial charge on any atom is -0.334 e. The Hall–Kier alpha value is -1.76. The highest BCUT2D eigenvalue weighted by Gasteiger charge is 2.30. The van der Waals surface area contributed by atoms with Gasteiger partial charge in [0.05, 0.1) is 21.8 Å². The van der Waals surface area contributed by atoms with Crippen molar-refractivity contribution in [3.8, 4) is 0 Å². The number of carbonyl (C=O) groups excluding carboxylic acids is 2. The topological polar surface area (TPSA) is 49.4 Å². The van der Waals surface area contributed by atoms with Gasteiger partial charge >= 0.3 is 0 Å². The molecule has 7 heteroatoms. The maximum Gasteiger partial charge on any atom is 0.238 e. The Morgan fingerprint density at radius 2 is 2.12 bits per heavy atom. The second-order valence-corrected chi connectivity index (χ2v) is 8.61. The molecule has 4 nitrogen and oxygen atoms in total. The maximum absolute atomic E-state index is 12.7. The van der Waals surface area contributed by atoms with Crippen LogP contribution in [0.2, 0.25) is 4.34 Å². The van der Waals surface area contributed by atoms with Gasteiger partial charge in [-0.1, -0.05) is 29.8 Å². The van der Waals surface area contributed by atoms with Gasteiger partial charge in [0.1, 0.15) is 0 Å². The van der Waals surface area contributed by atoms with Crippen LogP contribution in [-0.4, -0.2) is 28.5 Å². The van der Waals surface area contributed by atoms with Gasteiger partial charge in [-0.2, -0.15) is 0 Å². The van der Waals surface area contributed by atoms with E-state index in [9.17, 15) is 9.59 Å². The van der Waals surface area contributed by atoms with E-state index < -0.39 is 5.25 Å². The number of amides is 2. The number of thioether (sulfide) groups is 1. The van der Waals surface area contributed by atoms with Crippen LogP contribution >= 0.6 is 34.7 Å². The van der Waals surface area contributed by atoms with Crippen molar-refractivity contribution in [1.29, 1.82) is 0 Å². The SMILES string of the molecule is C=CCN(Cc1ccc(Cl)s1)C(=O)CC1Sc2ccccc2NC1=O. The molecule has 1 N–H and O–H groups in total. The van der Waals surface area contributed by atoms with Gasteiger partial charge in [0, 0.05) is 22.7 Å². The summed E-state index contributed by atoms with van der Waals surface area (Å²) < 4.78 is 0.694. The molecule has 1 aliphatic heterocycles. The highest BCUT2D eigenvalue weighted by Crippen LogP contribution is 2.37. The van der Waals surface area contributed by atoms with Gasteiger partial charge in [-0.25, -0.2) is 0 Å². The van der Waals surface area contributed by atoms with Crippen molar-refractivity contribution >= 4 is 52.2 Å². The first kappa shape index (κ1) is 18.0. The Balaban J connectivity index is 1.68. The molecule has 1 aromatic heterocycles. The fourth-order valence-corrected chi connectivity index (χ4v) is 4.75. The largest absolute Gasteiger partial charge is 0.334 e. The number of nitrogens with zero attached hydrogens (tertiary/aromatic N) is 1. The van der Waals surface area contributed by atoms with Crippen LogP contribution in [0.4, 0.5) is 5.69 Å². The number of anilines is 1. The predicted molar refractivity (Wildman–Crippen MR) is 104 cm³/mol. The van der Waals surface area contributed by atoms with E-state index in [0.717, 1.165) is 15.5 Å². The van der Waals surface area contributed by atoms with Gasteiger partial charge in [0.25, 0.3) is 0 Å². The standard InChI is InChI=1S/C18H17ClN2O2S2/c1-2-9-21(11-12-7-8-16(19)24-12)17(22)10-15-18(23)20-13-5-3-4-6-14(13)25-15/h2-8,15H,1,9-11H2,(H,20,23). The molecule has 1 aromatic carbocycles. The highest BCUT2D eigenvalue weighted by molar-refractivity contribution is 8.01. The molecular formula is C18H17ClN2O2S2. The van der Waals surface area contributed by atoms with Crippen molar-refractivity contribution in [2.75, 3.05) is 11.9 Å². The van der Waals surface area contributed by atoms with Crippen LogP contribution in [0.1, 0.15) is 11.3 Å². The van der Waals surface area contributed by atoms with Gasteiger partial charge < -0.3 is 10.2 Å². The zero-order valence-corrected chi connectivity index (χ0v) is 15.8. The monoisotopic (exact) mass is 392 g/mol. The van der Waals surface area contributed by atoms with Crippen LogP contribution in [0, 0.1) is 0 Å². The van der Waals surface area contributed by atoms with Crippen molar-refractivity contribution in [3.05, 3.63) is 58.3 Å². The number of para-hydroxylation sites is 1. The molecular weight excluding hydrogens is 376 g/mol. The summed E-state index contributed by atoms with van der Waals surface area (Å²) in [5.41, 5.74) is 0.803. The van der Waals surface area contributed by atoms with E-state index in [1.54, 1.807) is 11.0 Å². The van der Waals surface area contributed by atoms with Crippen LogP contribution in [0.15, 0.2) is 53.9 Å². The summed E-state index contributed by atoms with van der Waals surface area (Å²) in [4.78, 5) is 28.7. The number of nitrogens with one attached hydrogen (secondary N) is 1. The molecule has 0 radical (unpaired) electrons. The molecule has 1 atom stereocenters. The third kappa shape index (κ3) is 4.45. The highest BCUT2D eigenvalue weighted by atomic mass is 35.5. The van der Waals surface area contributed by atoms with E-state index in [4.69, 9.17) is 11.6 Å². The Labute approximate surface area is 159 Å². The fourth-order valence-electron chi connectivity index (χ4n) is 2.55. The number of carbonyl (C=O) groups is 2. The first-order chi connectivity index (χ1) is 12.1. The van der Waals surface area contributed by atoms with Gasteiger partial charge in [-0.3, -0.25) is 9.59 Å². The van der Waals surface area contributed by atoms with Gasteiger partial charge in [-0.05, 0) is 24.3 Å². The van der Waals surface area contributed by atoms with Gasteiger partial charge in [0.2, 0.25) is 11.8 Å². The van der Waals surface area contributed by atoms with Crippen LogP contribution in [-0.2, 0) is 16.1 Å². The van der Waals surface area contributed by atoms with Gasteiger partial charge in [-0.15, -0.1) is 29.7 Å². The molecule has 130 valence electrons. The number of halogens is 1. The second-order valence-electron chi connectivity index (χ2n) is 5.56. The molecule has 1 aliphatic rings. The number of hydrogen-bond donors (Lipinski definition) is 1. The Morgan fingerprint density at radius 1 is 1.32 bits per heavy atom. The van der Waals surface area contributed by atoms with E-state index in [1.165, 1.54) is 23.1 Å². The Bertz CT molecular complexity index is 806. The third-order valence-electron chi connectivity index (χ3n) is 3.74. The lowest BCUT2D eigenvalue weighted by Crippen LogP contribution is -2.37. The Morgan fingerprint density at radius 3 is 2.84 bits per heavy atom. The maximum atomic E-state index is 12.7. The molecule has 0 fully saturated rings. The molecule has 2 heterocycles. The number of hydrogen-bond acceptors (Lipinski definition) is 4. The zero-order valence-electron chi connectivity index (χ0n) is 13.4. The molecule has 1 unspecified atom stereocenters.